The molecule has 0 saturated heterocycles. The maximum absolute atomic E-state index is 12.3. The van der Waals surface area contributed by atoms with Gasteiger partial charge in [-0.05, 0) is 51.2 Å². The fraction of sp³-hybridized carbons (Fsp3) is 0.556. The number of aliphatic carboxylic acids is 2. The second kappa shape index (κ2) is 12.6. The number of aryl methyl sites for hydroxylation is 1. The molecule has 2 rings (SSSR count). The van der Waals surface area contributed by atoms with E-state index in [1.807, 2.05) is 25.2 Å². The molecular weight excluding hydrogens is 370 g/mol. The Morgan fingerprint density at radius 3 is 2.14 bits per heavy atom. The molecule has 1 aliphatic heterocycles. The Morgan fingerprint density at radius 2 is 1.68 bits per heavy atom. The number of pyridine rings is 1. The zero-order valence-electron chi connectivity index (χ0n) is 16.7. The largest absolute Gasteiger partial charge is 0.481 e. The molecule has 4 N–H and O–H groups in total. The number of rotatable bonds is 5. The van der Waals surface area contributed by atoms with Gasteiger partial charge in [-0.25, -0.2) is 4.79 Å². The molecule has 1 aromatic heterocycles. The lowest BCUT2D eigenvalue weighted by Crippen LogP contribution is -2.34. The van der Waals surface area contributed by atoms with Gasteiger partial charge in [0.15, 0.2) is 0 Å². The smallest absolute Gasteiger partial charge is 0.341 e. The van der Waals surface area contributed by atoms with E-state index >= 15 is 0 Å². The fourth-order valence-corrected chi connectivity index (χ4v) is 2.58. The molecule has 0 unspecified atom stereocenters. The number of carbonyl (C=O) groups is 3. The van der Waals surface area contributed by atoms with Crippen molar-refractivity contribution in [1.29, 1.82) is 0 Å². The van der Waals surface area contributed by atoms with Crippen molar-refractivity contribution in [3.05, 3.63) is 33.2 Å². The molecule has 0 spiro atoms. The SMILES string of the molecule is CC(=O)O.CC(=O)O.CN(C)CCCn1cc2c(c(C(=O)O)c1=O)CCNC2. The maximum Gasteiger partial charge on any atom is 0.341 e. The third kappa shape index (κ3) is 9.83. The number of carboxylic acid groups (broad SMARTS) is 3. The van der Waals surface area contributed by atoms with E-state index in [1.165, 1.54) is 0 Å². The van der Waals surface area contributed by atoms with Crippen molar-refractivity contribution in [2.75, 3.05) is 27.2 Å². The highest BCUT2D eigenvalue weighted by Gasteiger charge is 2.22. The minimum absolute atomic E-state index is 0.0474. The van der Waals surface area contributed by atoms with Gasteiger partial charge in [-0.15, -0.1) is 0 Å². The Hall–Kier alpha value is -2.72. The summed E-state index contributed by atoms with van der Waals surface area (Å²) < 4.78 is 1.54. The number of aromatic nitrogens is 1. The van der Waals surface area contributed by atoms with Gasteiger partial charge in [0.2, 0.25) is 0 Å². The van der Waals surface area contributed by atoms with E-state index in [4.69, 9.17) is 19.8 Å². The Morgan fingerprint density at radius 1 is 1.14 bits per heavy atom. The van der Waals surface area contributed by atoms with Crippen LogP contribution in [0.5, 0.6) is 0 Å². The summed E-state index contributed by atoms with van der Waals surface area (Å²) in [6.07, 6.45) is 3.23. The molecule has 0 fully saturated rings. The van der Waals surface area contributed by atoms with Gasteiger partial charge in [0.1, 0.15) is 5.56 Å². The molecule has 2 heterocycles. The monoisotopic (exact) mass is 399 g/mol. The number of carboxylic acids is 3. The summed E-state index contributed by atoms with van der Waals surface area (Å²) in [5.41, 5.74) is 1.20. The quantitative estimate of drug-likeness (QED) is 0.549. The van der Waals surface area contributed by atoms with Gasteiger partial charge in [0.05, 0.1) is 0 Å². The average molecular weight is 399 g/mol. The molecule has 0 aliphatic carbocycles. The van der Waals surface area contributed by atoms with E-state index in [9.17, 15) is 14.7 Å². The second-order valence-electron chi connectivity index (χ2n) is 6.43. The van der Waals surface area contributed by atoms with Crippen LogP contribution in [0.15, 0.2) is 11.0 Å². The summed E-state index contributed by atoms with van der Waals surface area (Å²) in [5.74, 6) is -2.78. The number of hydrogen-bond acceptors (Lipinski definition) is 6. The summed E-state index contributed by atoms with van der Waals surface area (Å²) in [6, 6.07) is 0. The lowest BCUT2D eigenvalue weighted by atomic mass is 9.98. The van der Waals surface area contributed by atoms with Gasteiger partial charge < -0.3 is 30.1 Å². The van der Waals surface area contributed by atoms with Crippen LogP contribution in [0.3, 0.4) is 0 Å². The first-order valence-electron chi connectivity index (χ1n) is 8.70. The molecule has 1 aliphatic rings. The van der Waals surface area contributed by atoms with Gasteiger partial charge >= 0.3 is 5.97 Å². The summed E-state index contributed by atoms with van der Waals surface area (Å²) in [7, 11) is 3.95. The van der Waals surface area contributed by atoms with Crippen LogP contribution in [-0.2, 0) is 29.1 Å². The van der Waals surface area contributed by atoms with Crippen LogP contribution in [-0.4, -0.2) is 69.9 Å². The predicted molar refractivity (Wildman–Crippen MR) is 103 cm³/mol. The van der Waals surface area contributed by atoms with Gasteiger partial charge in [-0.3, -0.25) is 14.4 Å². The third-order valence-electron chi connectivity index (χ3n) is 3.56. The number of fused-ring (bicyclic) bond motifs is 1. The topological polar surface area (TPSA) is 149 Å². The Labute approximate surface area is 163 Å². The zero-order chi connectivity index (χ0) is 21.9. The van der Waals surface area contributed by atoms with Crippen molar-refractivity contribution < 1.29 is 29.7 Å². The van der Waals surface area contributed by atoms with Gasteiger partial charge in [0, 0.05) is 33.1 Å². The summed E-state index contributed by atoms with van der Waals surface area (Å²) >= 11 is 0. The zero-order valence-corrected chi connectivity index (χ0v) is 16.7. The van der Waals surface area contributed by atoms with E-state index < -0.39 is 17.9 Å². The van der Waals surface area contributed by atoms with Crippen molar-refractivity contribution in [2.24, 2.45) is 0 Å². The van der Waals surface area contributed by atoms with Gasteiger partial charge in [-0.1, -0.05) is 0 Å². The first-order valence-corrected chi connectivity index (χ1v) is 8.70. The number of nitrogens with one attached hydrogen (secondary N) is 1. The number of nitrogens with zero attached hydrogens (tertiary/aromatic N) is 2. The molecular formula is C18H29N3O7. The Bertz CT molecular complexity index is 721. The van der Waals surface area contributed by atoms with E-state index in [2.05, 4.69) is 5.32 Å². The fourth-order valence-electron chi connectivity index (χ4n) is 2.58. The maximum atomic E-state index is 12.3. The molecule has 0 atom stereocenters. The van der Waals surface area contributed by atoms with E-state index in [-0.39, 0.29) is 11.1 Å². The van der Waals surface area contributed by atoms with Crippen LogP contribution in [0.4, 0.5) is 0 Å². The molecule has 10 heteroatoms. The standard InChI is InChI=1S/C14H21N3O3.2C2H4O2/c1-16(2)6-3-7-17-9-10-8-15-5-4-11(10)12(13(17)18)14(19)20;2*1-2(3)4/h9,15H,3-8H2,1-2H3,(H,19,20);2*1H3,(H,3,4). The van der Waals surface area contributed by atoms with Gasteiger partial charge in [-0.2, -0.15) is 0 Å². The summed E-state index contributed by atoms with van der Waals surface area (Å²) in [5, 5.41) is 27.4. The van der Waals surface area contributed by atoms with E-state index in [0.29, 0.717) is 25.1 Å². The number of aromatic carboxylic acids is 1. The van der Waals surface area contributed by atoms with E-state index in [0.717, 1.165) is 38.9 Å². The van der Waals surface area contributed by atoms with Crippen molar-refractivity contribution in [3.63, 3.8) is 0 Å². The lowest BCUT2D eigenvalue weighted by Gasteiger charge is -2.21. The summed E-state index contributed by atoms with van der Waals surface area (Å²) in [4.78, 5) is 43.7. The third-order valence-corrected chi connectivity index (χ3v) is 3.56. The van der Waals surface area contributed by atoms with Crippen LogP contribution in [0.2, 0.25) is 0 Å². The van der Waals surface area contributed by atoms with Crippen LogP contribution in [0.1, 0.15) is 41.8 Å². The molecule has 1 aromatic rings. The molecule has 0 saturated carbocycles. The normalized spacial score (nSPS) is 12.0. The summed E-state index contributed by atoms with van der Waals surface area (Å²) in [6.45, 7) is 4.93. The molecule has 158 valence electrons. The predicted octanol–water partition coefficient (Wildman–Crippen LogP) is 0.326. The second-order valence-corrected chi connectivity index (χ2v) is 6.43. The highest BCUT2D eigenvalue weighted by Crippen LogP contribution is 2.16. The van der Waals surface area contributed by atoms with Crippen LogP contribution in [0.25, 0.3) is 0 Å². The number of hydrogen-bond donors (Lipinski definition) is 4. The molecule has 10 nitrogen and oxygen atoms in total. The molecule has 28 heavy (non-hydrogen) atoms. The molecule has 0 radical (unpaired) electrons. The van der Waals surface area contributed by atoms with Crippen molar-refractivity contribution in [1.82, 2.24) is 14.8 Å². The van der Waals surface area contributed by atoms with Crippen LogP contribution < -0.4 is 10.9 Å². The van der Waals surface area contributed by atoms with Crippen molar-refractivity contribution in [2.45, 2.75) is 39.8 Å². The lowest BCUT2D eigenvalue weighted by molar-refractivity contribution is -0.135. The van der Waals surface area contributed by atoms with Crippen molar-refractivity contribution in [3.8, 4) is 0 Å². The minimum atomic E-state index is -1.12. The van der Waals surface area contributed by atoms with Crippen LogP contribution in [0, 0.1) is 0 Å². The van der Waals surface area contributed by atoms with Crippen LogP contribution >= 0.6 is 0 Å². The average Bonchev–Trinajstić information content (AvgIpc) is 2.53. The highest BCUT2D eigenvalue weighted by atomic mass is 16.4. The first kappa shape index (κ1) is 25.3. The van der Waals surface area contributed by atoms with E-state index in [1.54, 1.807) is 4.57 Å². The Balaban J connectivity index is 0.000000776. The van der Waals surface area contributed by atoms with Crippen molar-refractivity contribution >= 4 is 17.9 Å². The molecule has 0 bridgehead atoms. The highest BCUT2D eigenvalue weighted by molar-refractivity contribution is 5.89. The molecule has 0 amide bonds. The molecule has 0 aromatic carbocycles. The Kier molecular flexibility index (Phi) is 11.4. The minimum Gasteiger partial charge on any atom is -0.481 e. The van der Waals surface area contributed by atoms with Gasteiger partial charge in [0.25, 0.3) is 17.5 Å². The first-order chi connectivity index (χ1) is 13.0.